The molecule has 0 fully saturated rings. The topological polar surface area (TPSA) is 95.1 Å². The molecule has 9 heteroatoms. The van der Waals surface area contributed by atoms with Crippen LogP contribution in [0, 0.1) is 0 Å². The van der Waals surface area contributed by atoms with Crippen LogP contribution in [-0.2, 0) is 4.79 Å². The quantitative estimate of drug-likeness (QED) is 0.483. The first-order valence-corrected chi connectivity index (χ1v) is 9.32. The van der Waals surface area contributed by atoms with E-state index in [0.717, 1.165) is 5.56 Å². The number of methoxy groups -OCH3 is 1. The van der Waals surface area contributed by atoms with Crippen molar-refractivity contribution in [1.82, 2.24) is 14.9 Å². The number of nitrogens with two attached hydrogens (primary N) is 1. The van der Waals surface area contributed by atoms with Gasteiger partial charge in [0, 0.05) is 11.3 Å². The van der Waals surface area contributed by atoms with E-state index in [-0.39, 0.29) is 5.91 Å². The highest BCUT2D eigenvalue weighted by Crippen LogP contribution is 2.29. The third kappa shape index (κ3) is 4.35. The van der Waals surface area contributed by atoms with Crippen molar-refractivity contribution < 1.29 is 9.53 Å². The van der Waals surface area contributed by atoms with Gasteiger partial charge >= 0.3 is 0 Å². The summed E-state index contributed by atoms with van der Waals surface area (Å²) in [5.74, 6) is 6.97. The largest absolute Gasteiger partial charge is 0.495 e. The van der Waals surface area contributed by atoms with E-state index in [1.54, 1.807) is 25.1 Å². The summed E-state index contributed by atoms with van der Waals surface area (Å²) in [6, 6.07) is 14.5. The van der Waals surface area contributed by atoms with Crippen LogP contribution < -0.4 is 15.9 Å². The van der Waals surface area contributed by atoms with Gasteiger partial charge in [-0.25, -0.2) is 4.68 Å². The second-order valence-electron chi connectivity index (χ2n) is 5.64. The fourth-order valence-electron chi connectivity index (χ4n) is 2.34. The molecule has 0 aliphatic carbocycles. The van der Waals surface area contributed by atoms with Gasteiger partial charge in [0.2, 0.25) is 11.1 Å². The number of carbonyl (C=O) groups excluding carboxylic acids is 1. The third-order valence-corrected chi connectivity index (χ3v) is 5.12. The molecule has 1 aromatic heterocycles. The molecular weight excluding hydrogens is 386 g/mol. The minimum absolute atomic E-state index is 0.203. The summed E-state index contributed by atoms with van der Waals surface area (Å²) in [5.41, 5.74) is 1.43. The molecule has 0 bridgehead atoms. The highest BCUT2D eigenvalue weighted by molar-refractivity contribution is 8.00. The molecule has 1 atom stereocenters. The number of thioether (sulfide) groups is 1. The normalized spacial score (nSPS) is 11.8. The molecule has 2 aromatic carbocycles. The summed E-state index contributed by atoms with van der Waals surface area (Å²) in [5, 5.41) is 11.4. The average molecular weight is 404 g/mol. The third-order valence-electron chi connectivity index (χ3n) is 3.77. The number of nitrogens with one attached hydrogen (secondary N) is 1. The van der Waals surface area contributed by atoms with Crippen molar-refractivity contribution >= 4 is 35.0 Å². The van der Waals surface area contributed by atoms with E-state index in [4.69, 9.17) is 22.2 Å². The van der Waals surface area contributed by atoms with Crippen LogP contribution in [0.5, 0.6) is 5.75 Å². The summed E-state index contributed by atoms with van der Waals surface area (Å²) in [6.07, 6.45) is 0. The summed E-state index contributed by atoms with van der Waals surface area (Å²) in [7, 11) is 1.53. The zero-order chi connectivity index (χ0) is 19.4. The van der Waals surface area contributed by atoms with Gasteiger partial charge in [-0.2, -0.15) is 0 Å². The van der Waals surface area contributed by atoms with Gasteiger partial charge in [-0.3, -0.25) is 4.79 Å². The number of anilines is 1. The van der Waals surface area contributed by atoms with E-state index in [9.17, 15) is 4.79 Å². The standard InChI is InChI=1S/C18H18ClN5O2S/c1-11(17(25)21-13-8-9-15(26-2)14(19)10-13)27-18-23-22-16(24(18)20)12-6-4-3-5-7-12/h3-11H,20H2,1-2H3,(H,21,25). The first-order chi connectivity index (χ1) is 13.0. The number of hydrogen-bond acceptors (Lipinski definition) is 6. The lowest BCUT2D eigenvalue weighted by atomic mass is 10.2. The minimum Gasteiger partial charge on any atom is -0.495 e. The van der Waals surface area contributed by atoms with Gasteiger partial charge in [-0.1, -0.05) is 53.7 Å². The smallest absolute Gasteiger partial charge is 0.237 e. The Kier molecular flexibility index (Phi) is 5.88. The van der Waals surface area contributed by atoms with E-state index in [1.807, 2.05) is 30.3 Å². The van der Waals surface area contributed by atoms with E-state index < -0.39 is 5.25 Å². The van der Waals surface area contributed by atoms with Crippen molar-refractivity contribution in [1.29, 1.82) is 0 Å². The Labute approximate surface area is 165 Å². The fourth-order valence-corrected chi connectivity index (χ4v) is 3.37. The van der Waals surface area contributed by atoms with Crippen LogP contribution in [-0.4, -0.2) is 33.1 Å². The number of carbonyl (C=O) groups is 1. The molecule has 0 saturated heterocycles. The second kappa shape index (κ2) is 8.32. The van der Waals surface area contributed by atoms with Gasteiger partial charge in [0.15, 0.2) is 5.82 Å². The number of hydrogen-bond donors (Lipinski definition) is 2. The highest BCUT2D eigenvalue weighted by atomic mass is 35.5. The molecule has 3 N–H and O–H groups in total. The van der Waals surface area contributed by atoms with E-state index in [1.165, 1.54) is 23.5 Å². The molecule has 0 radical (unpaired) electrons. The van der Waals surface area contributed by atoms with E-state index in [2.05, 4.69) is 15.5 Å². The molecule has 7 nitrogen and oxygen atoms in total. The molecule has 27 heavy (non-hydrogen) atoms. The number of nitrogen functional groups attached to an aromatic ring is 1. The molecule has 1 amide bonds. The van der Waals surface area contributed by atoms with Crippen molar-refractivity contribution in [3.8, 4) is 17.1 Å². The first-order valence-electron chi connectivity index (χ1n) is 8.06. The maximum absolute atomic E-state index is 12.5. The lowest BCUT2D eigenvalue weighted by Gasteiger charge is -2.12. The number of halogens is 1. The van der Waals surface area contributed by atoms with Gasteiger partial charge in [0.05, 0.1) is 17.4 Å². The number of amides is 1. The summed E-state index contributed by atoms with van der Waals surface area (Å²) in [6.45, 7) is 1.77. The molecule has 0 saturated carbocycles. The monoisotopic (exact) mass is 403 g/mol. The molecule has 1 heterocycles. The lowest BCUT2D eigenvalue weighted by Crippen LogP contribution is -2.23. The van der Waals surface area contributed by atoms with Crippen LogP contribution in [0.4, 0.5) is 5.69 Å². The molecule has 0 aliphatic heterocycles. The number of nitrogens with zero attached hydrogens (tertiary/aromatic N) is 3. The number of ether oxygens (including phenoxy) is 1. The van der Waals surface area contributed by atoms with Gasteiger partial charge in [-0.15, -0.1) is 10.2 Å². The predicted octanol–water partition coefficient (Wildman–Crippen LogP) is 3.44. The highest BCUT2D eigenvalue weighted by Gasteiger charge is 2.20. The van der Waals surface area contributed by atoms with Crippen LogP contribution in [0.2, 0.25) is 5.02 Å². The Hall–Kier alpha value is -2.71. The predicted molar refractivity (Wildman–Crippen MR) is 108 cm³/mol. The van der Waals surface area contributed by atoms with Crippen LogP contribution in [0.1, 0.15) is 6.92 Å². The Balaban J connectivity index is 1.68. The van der Waals surface area contributed by atoms with Gasteiger partial charge in [-0.05, 0) is 25.1 Å². The van der Waals surface area contributed by atoms with Crippen LogP contribution in [0.25, 0.3) is 11.4 Å². The maximum atomic E-state index is 12.5. The fraction of sp³-hybridized carbons (Fsp3) is 0.167. The van der Waals surface area contributed by atoms with Crippen molar-refractivity contribution in [3.63, 3.8) is 0 Å². The summed E-state index contributed by atoms with van der Waals surface area (Å²) >= 11 is 7.30. The zero-order valence-electron chi connectivity index (χ0n) is 14.7. The van der Waals surface area contributed by atoms with Gasteiger partial charge in [0.25, 0.3) is 0 Å². The van der Waals surface area contributed by atoms with Crippen LogP contribution in [0.15, 0.2) is 53.7 Å². The molecule has 0 aliphatic rings. The number of benzene rings is 2. The Bertz CT molecular complexity index is 948. The van der Waals surface area contributed by atoms with Crippen molar-refractivity contribution in [2.45, 2.75) is 17.3 Å². The van der Waals surface area contributed by atoms with Gasteiger partial charge in [0.1, 0.15) is 5.75 Å². The number of rotatable bonds is 6. The van der Waals surface area contributed by atoms with Gasteiger partial charge < -0.3 is 15.9 Å². The molecule has 1 unspecified atom stereocenters. The average Bonchev–Trinajstić information content (AvgIpc) is 3.03. The summed E-state index contributed by atoms with van der Waals surface area (Å²) < 4.78 is 6.49. The zero-order valence-corrected chi connectivity index (χ0v) is 16.3. The number of aromatic nitrogens is 3. The van der Waals surface area contributed by atoms with Crippen LogP contribution in [0.3, 0.4) is 0 Å². The second-order valence-corrected chi connectivity index (χ2v) is 7.36. The molecular formula is C18H18ClN5O2S. The summed E-state index contributed by atoms with van der Waals surface area (Å²) in [4.78, 5) is 12.5. The van der Waals surface area contributed by atoms with Crippen LogP contribution >= 0.6 is 23.4 Å². The first kappa shape index (κ1) is 19.1. The van der Waals surface area contributed by atoms with Crippen molar-refractivity contribution in [2.24, 2.45) is 0 Å². The maximum Gasteiger partial charge on any atom is 0.237 e. The van der Waals surface area contributed by atoms with E-state index in [0.29, 0.717) is 27.4 Å². The Morgan fingerprint density at radius 3 is 2.67 bits per heavy atom. The van der Waals surface area contributed by atoms with E-state index >= 15 is 0 Å². The Morgan fingerprint density at radius 1 is 1.26 bits per heavy atom. The van der Waals surface area contributed by atoms with Crippen molar-refractivity contribution in [3.05, 3.63) is 53.6 Å². The SMILES string of the molecule is COc1ccc(NC(=O)C(C)Sc2nnc(-c3ccccc3)n2N)cc1Cl. The lowest BCUT2D eigenvalue weighted by molar-refractivity contribution is -0.115. The molecule has 3 rings (SSSR count). The van der Waals surface area contributed by atoms with Crippen molar-refractivity contribution in [2.75, 3.05) is 18.3 Å². The molecule has 140 valence electrons. The molecule has 0 spiro atoms. The Morgan fingerprint density at radius 2 is 2.00 bits per heavy atom. The minimum atomic E-state index is -0.444. The molecule has 3 aromatic rings.